The van der Waals surface area contributed by atoms with Gasteiger partial charge in [0.1, 0.15) is 5.65 Å². The third-order valence-electron chi connectivity index (χ3n) is 2.02. The number of rotatable bonds is 2. The van der Waals surface area contributed by atoms with E-state index in [1.54, 1.807) is 0 Å². The fourth-order valence-electron chi connectivity index (χ4n) is 1.47. The van der Waals surface area contributed by atoms with Gasteiger partial charge in [0, 0.05) is 18.6 Å². The SMILES string of the molecule is CCCc1cccn2ccnc12. The van der Waals surface area contributed by atoms with Crippen LogP contribution in [0, 0.1) is 0 Å². The second-order valence-electron chi connectivity index (χ2n) is 2.94. The molecule has 0 saturated carbocycles. The molecule has 0 N–H and O–H groups in total. The molecule has 0 aliphatic rings. The molecule has 2 aromatic rings. The highest BCUT2D eigenvalue weighted by Gasteiger charge is 1.99. The van der Waals surface area contributed by atoms with Crippen molar-refractivity contribution in [3.05, 3.63) is 36.3 Å². The van der Waals surface area contributed by atoms with E-state index in [0.29, 0.717) is 0 Å². The van der Waals surface area contributed by atoms with Gasteiger partial charge in [-0.2, -0.15) is 0 Å². The normalized spacial score (nSPS) is 10.8. The van der Waals surface area contributed by atoms with Crippen molar-refractivity contribution in [2.45, 2.75) is 19.8 Å². The maximum Gasteiger partial charge on any atom is 0.139 e. The average Bonchev–Trinajstić information content (AvgIpc) is 2.53. The van der Waals surface area contributed by atoms with Crippen molar-refractivity contribution in [1.29, 1.82) is 0 Å². The van der Waals surface area contributed by atoms with E-state index < -0.39 is 0 Å². The van der Waals surface area contributed by atoms with Gasteiger partial charge in [0.05, 0.1) is 0 Å². The molecule has 2 aromatic heterocycles. The van der Waals surface area contributed by atoms with Crippen LogP contribution in [-0.2, 0) is 6.42 Å². The summed E-state index contributed by atoms with van der Waals surface area (Å²) in [6.45, 7) is 2.19. The van der Waals surface area contributed by atoms with Gasteiger partial charge in [-0.05, 0) is 18.1 Å². The van der Waals surface area contributed by atoms with Crippen molar-refractivity contribution in [1.82, 2.24) is 9.38 Å². The Kier molecular flexibility index (Phi) is 1.82. The lowest BCUT2D eigenvalue weighted by atomic mass is 10.1. The molecule has 0 radical (unpaired) electrons. The lowest BCUT2D eigenvalue weighted by Crippen LogP contribution is -1.90. The molecular formula is C10H12N2. The van der Waals surface area contributed by atoms with Crippen molar-refractivity contribution in [2.75, 3.05) is 0 Å². The van der Waals surface area contributed by atoms with Gasteiger partial charge in [-0.25, -0.2) is 4.98 Å². The van der Waals surface area contributed by atoms with Crippen LogP contribution < -0.4 is 0 Å². The zero-order valence-electron chi connectivity index (χ0n) is 7.20. The summed E-state index contributed by atoms with van der Waals surface area (Å²) >= 11 is 0. The summed E-state index contributed by atoms with van der Waals surface area (Å²) in [5.41, 5.74) is 2.43. The van der Waals surface area contributed by atoms with E-state index >= 15 is 0 Å². The molecule has 2 heterocycles. The number of hydrogen-bond donors (Lipinski definition) is 0. The smallest absolute Gasteiger partial charge is 0.139 e. The third kappa shape index (κ3) is 1.09. The molecule has 0 aliphatic carbocycles. The van der Waals surface area contributed by atoms with Crippen molar-refractivity contribution < 1.29 is 0 Å². The fraction of sp³-hybridized carbons (Fsp3) is 0.300. The molecule has 0 atom stereocenters. The van der Waals surface area contributed by atoms with Crippen LogP contribution >= 0.6 is 0 Å². The lowest BCUT2D eigenvalue weighted by Gasteiger charge is -2.00. The number of hydrogen-bond acceptors (Lipinski definition) is 1. The number of aromatic nitrogens is 2. The highest BCUT2D eigenvalue weighted by molar-refractivity contribution is 5.47. The summed E-state index contributed by atoms with van der Waals surface area (Å²) in [6.07, 6.45) is 8.14. The van der Waals surface area contributed by atoms with Crippen LogP contribution in [0.4, 0.5) is 0 Å². The van der Waals surface area contributed by atoms with Crippen LogP contribution in [-0.4, -0.2) is 9.38 Å². The van der Waals surface area contributed by atoms with Gasteiger partial charge in [0.2, 0.25) is 0 Å². The first-order valence-electron chi connectivity index (χ1n) is 4.32. The number of nitrogens with zero attached hydrogens (tertiary/aromatic N) is 2. The van der Waals surface area contributed by atoms with E-state index in [9.17, 15) is 0 Å². The summed E-state index contributed by atoms with van der Waals surface area (Å²) in [5, 5.41) is 0. The Morgan fingerprint density at radius 1 is 1.42 bits per heavy atom. The van der Waals surface area contributed by atoms with Gasteiger partial charge in [0.25, 0.3) is 0 Å². The molecule has 0 aromatic carbocycles. The topological polar surface area (TPSA) is 17.3 Å². The second-order valence-corrected chi connectivity index (χ2v) is 2.94. The predicted octanol–water partition coefficient (Wildman–Crippen LogP) is 2.29. The zero-order valence-corrected chi connectivity index (χ0v) is 7.20. The van der Waals surface area contributed by atoms with E-state index in [2.05, 4.69) is 28.4 Å². The quantitative estimate of drug-likeness (QED) is 0.658. The highest BCUT2D eigenvalue weighted by Crippen LogP contribution is 2.09. The Bertz CT molecular complexity index is 376. The van der Waals surface area contributed by atoms with E-state index in [4.69, 9.17) is 0 Å². The largest absolute Gasteiger partial charge is 0.307 e. The predicted molar refractivity (Wildman–Crippen MR) is 49.2 cm³/mol. The van der Waals surface area contributed by atoms with E-state index in [1.807, 2.05) is 18.6 Å². The standard InChI is InChI=1S/C10H12N2/c1-2-4-9-5-3-7-12-8-6-11-10(9)12/h3,5-8H,2,4H2,1H3. The van der Waals surface area contributed by atoms with Crippen molar-refractivity contribution in [2.24, 2.45) is 0 Å². The average molecular weight is 160 g/mol. The van der Waals surface area contributed by atoms with E-state index in [0.717, 1.165) is 12.1 Å². The first-order valence-corrected chi connectivity index (χ1v) is 4.32. The first-order chi connectivity index (χ1) is 5.92. The van der Waals surface area contributed by atoms with Crippen LogP contribution in [0.15, 0.2) is 30.7 Å². The van der Waals surface area contributed by atoms with Crippen molar-refractivity contribution >= 4 is 5.65 Å². The first kappa shape index (κ1) is 7.35. The minimum absolute atomic E-state index is 1.10. The Balaban J connectivity index is 2.57. The zero-order chi connectivity index (χ0) is 8.39. The number of aryl methyl sites for hydroxylation is 1. The van der Waals surface area contributed by atoms with Crippen LogP contribution in [0.25, 0.3) is 5.65 Å². The molecule has 2 rings (SSSR count). The molecule has 0 aliphatic heterocycles. The summed E-state index contributed by atoms with van der Waals surface area (Å²) in [7, 11) is 0. The molecule has 2 nitrogen and oxygen atoms in total. The molecule has 2 heteroatoms. The fourth-order valence-corrected chi connectivity index (χ4v) is 1.47. The summed E-state index contributed by atoms with van der Waals surface area (Å²) < 4.78 is 2.06. The maximum atomic E-state index is 4.30. The molecule has 0 saturated heterocycles. The Morgan fingerprint density at radius 2 is 2.33 bits per heavy atom. The van der Waals surface area contributed by atoms with Gasteiger partial charge in [-0.1, -0.05) is 19.4 Å². The molecule has 12 heavy (non-hydrogen) atoms. The molecule has 0 amide bonds. The summed E-state index contributed by atoms with van der Waals surface area (Å²) in [5.74, 6) is 0. The lowest BCUT2D eigenvalue weighted by molar-refractivity contribution is 0.916. The molecule has 0 bridgehead atoms. The van der Waals surface area contributed by atoms with Gasteiger partial charge in [-0.15, -0.1) is 0 Å². The van der Waals surface area contributed by atoms with Crippen LogP contribution in [0.3, 0.4) is 0 Å². The number of fused-ring (bicyclic) bond motifs is 1. The number of imidazole rings is 1. The number of pyridine rings is 1. The maximum absolute atomic E-state index is 4.30. The third-order valence-corrected chi connectivity index (χ3v) is 2.02. The highest BCUT2D eigenvalue weighted by atomic mass is 15.0. The molecule has 0 fully saturated rings. The van der Waals surface area contributed by atoms with Gasteiger partial charge in [0.15, 0.2) is 0 Å². The van der Waals surface area contributed by atoms with Crippen molar-refractivity contribution in [3.63, 3.8) is 0 Å². The van der Waals surface area contributed by atoms with E-state index in [1.165, 1.54) is 12.0 Å². The van der Waals surface area contributed by atoms with Gasteiger partial charge in [-0.3, -0.25) is 0 Å². The summed E-state index contributed by atoms with van der Waals surface area (Å²) in [4.78, 5) is 4.30. The van der Waals surface area contributed by atoms with E-state index in [-0.39, 0.29) is 0 Å². The Hall–Kier alpha value is -1.31. The minimum Gasteiger partial charge on any atom is -0.307 e. The minimum atomic E-state index is 1.10. The molecular weight excluding hydrogens is 148 g/mol. The Morgan fingerprint density at radius 3 is 3.17 bits per heavy atom. The van der Waals surface area contributed by atoms with Gasteiger partial charge >= 0.3 is 0 Å². The van der Waals surface area contributed by atoms with Crippen LogP contribution in [0.5, 0.6) is 0 Å². The van der Waals surface area contributed by atoms with Crippen LogP contribution in [0.1, 0.15) is 18.9 Å². The van der Waals surface area contributed by atoms with Crippen LogP contribution in [0.2, 0.25) is 0 Å². The Labute approximate surface area is 71.9 Å². The van der Waals surface area contributed by atoms with Gasteiger partial charge < -0.3 is 4.40 Å². The summed E-state index contributed by atoms with van der Waals surface area (Å²) in [6, 6.07) is 4.21. The molecule has 0 spiro atoms. The molecule has 62 valence electrons. The monoisotopic (exact) mass is 160 g/mol. The second kappa shape index (κ2) is 2.97. The molecule has 0 unspecified atom stereocenters. The van der Waals surface area contributed by atoms with Crippen molar-refractivity contribution in [3.8, 4) is 0 Å².